The van der Waals surface area contributed by atoms with E-state index >= 15 is 0 Å². The number of ether oxygens (including phenoxy) is 1. The van der Waals surface area contributed by atoms with Crippen molar-refractivity contribution in [2.45, 2.75) is 69.8 Å². The Morgan fingerprint density at radius 3 is 2.51 bits per heavy atom. The SMILES string of the molecule is CCS(=O)(=O)N1CCC(c2c[nH]c3c(C(N)=O)cc(-c4csc(CN(C)[C@@H]5CCC[C@H]5OC(=O)C(F)(F)F)c4)cc23)CC1. The van der Waals surface area contributed by atoms with Crippen LogP contribution in [-0.4, -0.2) is 78.7 Å². The monoisotopic (exact) mass is 640 g/mol. The summed E-state index contributed by atoms with van der Waals surface area (Å²) in [5.41, 5.74) is 9.46. The van der Waals surface area contributed by atoms with Crippen LogP contribution in [0.5, 0.6) is 0 Å². The molecular formula is C29H35F3N4O5S2. The number of esters is 1. The van der Waals surface area contributed by atoms with Crippen LogP contribution in [0, 0.1) is 0 Å². The summed E-state index contributed by atoms with van der Waals surface area (Å²) in [6.45, 7) is 2.97. The maximum absolute atomic E-state index is 12.8. The number of carbonyl (C=O) groups excluding carboxylic acids is 2. The first-order valence-electron chi connectivity index (χ1n) is 14.3. The Hall–Kier alpha value is -2.94. The normalized spacial score (nSPS) is 20.7. The Morgan fingerprint density at radius 2 is 1.86 bits per heavy atom. The molecule has 5 rings (SSSR count). The van der Waals surface area contributed by atoms with Crippen LogP contribution in [-0.2, 0) is 26.1 Å². The standard InChI is InChI=1S/C29H35F3N4O5S2/c1-3-43(39,40)36-9-7-17(8-10-36)23-14-34-26-21(23)12-18(13-22(26)27(33)37)19-11-20(42-16-19)15-35(2)24-5-4-6-25(24)41-28(38)29(30,31)32/h11-14,16-17,24-25,34H,3-10,15H2,1-2H3,(H2,33,37)/t24-,25-/m1/s1. The number of aromatic nitrogens is 1. The second kappa shape index (κ2) is 12.2. The molecule has 2 atom stereocenters. The van der Waals surface area contributed by atoms with Crippen molar-refractivity contribution in [3.8, 4) is 11.1 Å². The van der Waals surface area contributed by atoms with E-state index in [2.05, 4.69) is 4.98 Å². The van der Waals surface area contributed by atoms with Crippen LogP contribution < -0.4 is 5.73 Å². The van der Waals surface area contributed by atoms with Crippen LogP contribution >= 0.6 is 11.3 Å². The molecule has 234 valence electrons. The van der Waals surface area contributed by atoms with E-state index in [9.17, 15) is 31.2 Å². The van der Waals surface area contributed by atoms with Crippen LogP contribution in [0.4, 0.5) is 13.2 Å². The van der Waals surface area contributed by atoms with E-state index in [1.807, 2.05) is 35.7 Å². The summed E-state index contributed by atoms with van der Waals surface area (Å²) >= 11 is 1.49. The minimum absolute atomic E-state index is 0.0707. The Bertz CT molecular complexity index is 1610. The van der Waals surface area contributed by atoms with E-state index in [4.69, 9.17) is 10.5 Å². The number of likely N-dealkylation sites (N-methyl/N-ethyl adjacent to an activating group) is 1. The molecular weight excluding hydrogens is 605 g/mol. The number of halogens is 3. The van der Waals surface area contributed by atoms with E-state index in [0.717, 1.165) is 27.0 Å². The number of nitrogens with one attached hydrogen (secondary N) is 1. The summed E-state index contributed by atoms with van der Waals surface area (Å²) in [5.74, 6) is -2.54. The molecule has 0 spiro atoms. The summed E-state index contributed by atoms with van der Waals surface area (Å²) in [5, 5.41) is 2.83. The molecule has 3 N–H and O–H groups in total. The lowest BCUT2D eigenvalue weighted by atomic mass is 9.88. The lowest BCUT2D eigenvalue weighted by Crippen LogP contribution is -2.41. The van der Waals surface area contributed by atoms with Crippen LogP contribution in [0.1, 0.15) is 65.7 Å². The maximum atomic E-state index is 12.8. The number of benzene rings is 1. The molecule has 1 saturated carbocycles. The van der Waals surface area contributed by atoms with Gasteiger partial charge >= 0.3 is 12.1 Å². The van der Waals surface area contributed by atoms with E-state index in [0.29, 0.717) is 62.8 Å². The molecule has 1 aliphatic heterocycles. The molecule has 2 aliphatic rings. The second-order valence-corrected chi connectivity index (χ2v) is 14.5. The van der Waals surface area contributed by atoms with Crippen LogP contribution in [0.15, 0.2) is 29.8 Å². The highest BCUT2D eigenvalue weighted by Crippen LogP contribution is 2.38. The summed E-state index contributed by atoms with van der Waals surface area (Å²) in [6.07, 6.45) is -0.950. The van der Waals surface area contributed by atoms with Crippen LogP contribution in [0.25, 0.3) is 22.0 Å². The molecule has 43 heavy (non-hydrogen) atoms. The van der Waals surface area contributed by atoms with Crippen molar-refractivity contribution in [2.75, 3.05) is 25.9 Å². The van der Waals surface area contributed by atoms with E-state index in [1.54, 1.807) is 13.0 Å². The molecule has 1 aliphatic carbocycles. The van der Waals surface area contributed by atoms with E-state index in [1.165, 1.54) is 15.6 Å². The van der Waals surface area contributed by atoms with Gasteiger partial charge in [-0.15, -0.1) is 11.3 Å². The van der Waals surface area contributed by atoms with Gasteiger partial charge in [0.15, 0.2) is 0 Å². The highest BCUT2D eigenvalue weighted by molar-refractivity contribution is 7.89. The molecule has 1 saturated heterocycles. The lowest BCUT2D eigenvalue weighted by Gasteiger charge is -2.31. The second-order valence-electron chi connectivity index (χ2n) is 11.3. The minimum atomic E-state index is -5.02. The van der Waals surface area contributed by atoms with Crippen molar-refractivity contribution >= 4 is 44.1 Å². The number of sulfonamides is 1. The number of alkyl halides is 3. The number of aromatic amines is 1. The number of amides is 1. The number of H-pyrrole nitrogens is 1. The molecule has 0 bridgehead atoms. The first-order chi connectivity index (χ1) is 20.3. The third-order valence-corrected chi connectivity index (χ3v) is 11.4. The summed E-state index contributed by atoms with van der Waals surface area (Å²) < 4.78 is 69.3. The first kappa shape index (κ1) is 31.5. The van der Waals surface area contributed by atoms with Gasteiger partial charge in [0.05, 0.1) is 16.8 Å². The predicted molar refractivity (Wildman–Crippen MR) is 158 cm³/mol. The molecule has 3 heterocycles. The third kappa shape index (κ3) is 6.61. The highest BCUT2D eigenvalue weighted by atomic mass is 32.2. The Balaban J connectivity index is 1.35. The van der Waals surface area contributed by atoms with Crippen LogP contribution in [0.3, 0.4) is 0 Å². The topological polar surface area (TPSA) is 126 Å². The van der Waals surface area contributed by atoms with Crippen LogP contribution in [0.2, 0.25) is 0 Å². The molecule has 9 nitrogen and oxygen atoms in total. The first-order valence-corrected chi connectivity index (χ1v) is 16.8. The molecule has 3 aromatic rings. The predicted octanol–water partition coefficient (Wildman–Crippen LogP) is 4.98. The number of thiophene rings is 1. The van der Waals surface area contributed by atoms with Gasteiger partial charge < -0.3 is 15.5 Å². The Kier molecular flexibility index (Phi) is 8.94. The summed E-state index contributed by atoms with van der Waals surface area (Å²) in [4.78, 5) is 30.0. The number of fused-ring (bicyclic) bond motifs is 1. The number of primary amides is 1. The number of hydrogen-bond acceptors (Lipinski definition) is 7. The molecule has 1 aromatic carbocycles. The molecule has 0 radical (unpaired) electrons. The van der Waals surface area contributed by atoms with E-state index in [-0.39, 0.29) is 17.7 Å². The zero-order chi connectivity index (χ0) is 31.1. The number of nitrogens with two attached hydrogens (primary N) is 1. The average molecular weight is 641 g/mol. The summed E-state index contributed by atoms with van der Waals surface area (Å²) in [6, 6.07) is 5.43. The van der Waals surface area contributed by atoms with Crippen molar-refractivity contribution in [3.05, 3.63) is 45.8 Å². The van der Waals surface area contributed by atoms with Gasteiger partial charge in [-0.3, -0.25) is 9.69 Å². The molecule has 2 fully saturated rings. The maximum Gasteiger partial charge on any atom is 0.490 e. The fraction of sp³-hybridized carbons (Fsp3) is 0.517. The van der Waals surface area contributed by atoms with Crippen molar-refractivity contribution in [3.63, 3.8) is 0 Å². The third-order valence-electron chi connectivity index (χ3n) is 8.60. The largest absolute Gasteiger partial charge is 0.490 e. The Morgan fingerprint density at radius 1 is 1.14 bits per heavy atom. The van der Waals surface area contributed by atoms with Gasteiger partial charge in [-0.25, -0.2) is 17.5 Å². The van der Waals surface area contributed by atoms with Gasteiger partial charge in [0.25, 0.3) is 5.91 Å². The van der Waals surface area contributed by atoms with Gasteiger partial charge in [-0.1, -0.05) is 0 Å². The number of piperidine rings is 1. The van der Waals surface area contributed by atoms with Gasteiger partial charge in [-0.2, -0.15) is 13.2 Å². The van der Waals surface area contributed by atoms with E-state index < -0.39 is 34.2 Å². The number of hydrogen-bond donors (Lipinski definition) is 2. The molecule has 14 heteroatoms. The Labute approximate surface area is 252 Å². The van der Waals surface area contributed by atoms with Gasteiger partial charge in [-0.05, 0) is 92.3 Å². The lowest BCUT2D eigenvalue weighted by molar-refractivity contribution is -0.206. The average Bonchev–Trinajstić information content (AvgIpc) is 3.72. The fourth-order valence-electron chi connectivity index (χ4n) is 6.31. The van der Waals surface area contributed by atoms with Gasteiger partial charge in [0, 0.05) is 42.1 Å². The molecule has 1 amide bonds. The minimum Gasteiger partial charge on any atom is -0.454 e. The smallest absolute Gasteiger partial charge is 0.454 e. The van der Waals surface area contributed by atoms with Crippen molar-refractivity contribution in [1.82, 2.24) is 14.2 Å². The van der Waals surface area contributed by atoms with Crippen molar-refractivity contribution < 1.29 is 35.9 Å². The zero-order valence-corrected chi connectivity index (χ0v) is 25.6. The molecule has 2 aromatic heterocycles. The number of carbonyl (C=O) groups is 2. The van der Waals surface area contributed by atoms with Gasteiger partial charge in [0.1, 0.15) is 6.10 Å². The quantitative estimate of drug-likeness (QED) is 0.318. The van der Waals surface area contributed by atoms with Crippen molar-refractivity contribution in [1.29, 1.82) is 0 Å². The number of rotatable bonds is 9. The van der Waals surface area contributed by atoms with Crippen molar-refractivity contribution in [2.24, 2.45) is 5.73 Å². The van der Waals surface area contributed by atoms with Gasteiger partial charge in [0.2, 0.25) is 10.0 Å². The zero-order valence-electron chi connectivity index (χ0n) is 23.9. The fourth-order valence-corrected chi connectivity index (χ4v) is 8.40. The number of nitrogens with zero attached hydrogens (tertiary/aromatic N) is 2. The summed E-state index contributed by atoms with van der Waals surface area (Å²) in [7, 11) is -1.44. The molecule has 0 unspecified atom stereocenters. The highest BCUT2D eigenvalue weighted by Gasteiger charge is 2.44.